The van der Waals surface area contributed by atoms with Gasteiger partial charge in [0, 0.05) is 6.61 Å². The lowest BCUT2D eigenvalue weighted by Gasteiger charge is -2.37. The molecule has 5 nitrogen and oxygen atoms in total. The van der Waals surface area contributed by atoms with Crippen LogP contribution in [0.25, 0.3) is 0 Å². The molecule has 0 spiro atoms. The molecule has 1 fully saturated rings. The zero-order valence-corrected chi connectivity index (χ0v) is 12.3. The van der Waals surface area contributed by atoms with Crippen molar-refractivity contribution in [3.63, 3.8) is 0 Å². The van der Waals surface area contributed by atoms with E-state index in [4.69, 9.17) is 14.6 Å². The van der Waals surface area contributed by atoms with Gasteiger partial charge < -0.3 is 24.8 Å². The molecule has 0 unspecified atom stereocenters. The zero-order chi connectivity index (χ0) is 14.8. The minimum absolute atomic E-state index is 0.0936. The van der Waals surface area contributed by atoms with Crippen LogP contribution in [0, 0.1) is 0 Å². The second-order valence-corrected chi connectivity index (χ2v) is 5.22. The maximum Gasteiger partial charge on any atom is 0.114 e. The van der Waals surface area contributed by atoms with Gasteiger partial charge in [0.25, 0.3) is 0 Å². The molecule has 118 valence electrons. The Bertz CT molecular complexity index is 269. The molecule has 0 amide bonds. The molecule has 1 aliphatic heterocycles. The first-order chi connectivity index (χ1) is 9.70. The Labute approximate surface area is 121 Å². The van der Waals surface area contributed by atoms with Gasteiger partial charge in [-0.25, -0.2) is 0 Å². The molecule has 5 heteroatoms. The van der Waals surface area contributed by atoms with Crippen molar-refractivity contribution >= 4 is 0 Å². The first kappa shape index (κ1) is 17.6. The Morgan fingerprint density at radius 2 is 1.95 bits per heavy atom. The first-order valence-electron chi connectivity index (χ1n) is 7.52. The van der Waals surface area contributed by atoms with Crippen LogP contribution in [-0.4, -0.2) is 59.6 Å². The number of hydrogen-bond acceptors (Lipinski definition) is 5. The quantitative estimate of drug-likeness (QED) is 0.436. The van der Waals surface area contributed by atoms with Crippen LogP contribution in [0.3, 0.4) is 0 Å². The lowest BCUT2D eigenvalue weighted by Crippen LogP contribution is -2.55. The van der Waals surface area contributed by atoms with E-state index in [1.807, 2.05) is 6.92 Å². The highest BCUT2D eigenvalue weighted by atomic mass is 16.6. The molecule has 0 aliphatic carbocycles. The molecule has 1 aliphatic rings. The highest BCUT2D eigenvalue weighted by Crippen LogP contribution is 2.19. The average molecular weight is 288 g/mol. The second-order valence-electron chi connectivity index (χ2n) is 5.22. The van der Waals surface area contributed by atoms with Crippen molar-refractivity contribution in [3.8, 4) is 0 Å². The summed E-state index contributed by atoms with van der Waals surface area (Å²) in [5.41, 5.74) is 0. The molecule has 0 aromatic heterocycles. The van der Waals surface area contributed by atoms with Crippen molar-refractivity contribution in [2.45, 2.75) is 63.4 Å². The van der Waals surface area contributed by atoms with Crippen molar-refractivity contribution < 1.29 is 24.8 Å². The lowest BCUT2D eigenvalue weighted by molar-refractivity contribution is -0.210. The highest BCUT2D eigenvalue weighted by molar-refractivity contribution is 4.87. The zero-order valence-electron chi connectivity index (χ0n) is 12.3. The van der Waals surface area contributed by atoms with Gasteiger partial charge in [-0.05, 0) is 26.2 Å². The molecule has 0 saturated carbocycles. The van der Waals surface area contributed by atoms with E-state index in [1.54, 1.807) is 0 Å². The maximum atomic E-state index is 9.92. The summed E-state index contributed by atoms with van der Waals surface area (Å²) in [4.78, 5) is 0. The third kappa shape index (κ3) is 5.89. The van der Waals surface area contributed by atoms with Crippen LogP contribution in [0.2, 0.25) is 0 Å². The van der Waals surface area contributed by atoms with E-state index >= 15 is 0 Å². The summed E-state index contributed by atoms with van der Waals surface area (Å²) in [6.45, 7) is 2.37. The number of unbranched alkanes of at least 4 members (excludes halogenated alkanes) is 4. The van der Waals surface area contributed by atoms with Crippen LogP contribution < -0.4 is 0 Å². The molecule has 0 aromatic rings. The molecule has 1 heterocycles. The lowest BCUT2D eigenvalue weighted by atomic mass is 10.0. The van der Waals surface area contributed by atoms with Crippen LogP contribution in [0.15, 0.2) is 12.2 Å². The minimum Gasteiger partial charge on any atom is -0.394 e. The number of aliphatic hydroxyl groups is 3. The van der Waals surface area contributed by atoms with Gasteiger partial charge in [-0.15, -0.1) is 0 Å². The third-order valence-electron chi connectivity index (χ3n) is 3.57. The Morgan fingerprint density at radius 3 is 2.65 bits per heavy atom. The summed E-state index contributed by atoms with van der Waals surface area (Å²) in [6.07, 6.45) is 6.55. The van der Waals surface area contributed by atoms with Crippen LogP contribution in [0.5, 0.6) is 0 Å². The fourth-order valence-corrected chi connectivity index (χ4v) is 2.33. The van der Waals surface area contributed by atoms with Crippen molar-refractivity contribution in [1.82, 2.24) is 0 Å². The Kier molecular flexibility index (Phi) is 9.05. The van der Waals surface area contributed by atoms with Crippen LogP contribution in [-0.2, 0) is 9.47 Å². The molecular formula is C15H28O5. The van der Waals surface area contributed by atoms with E-state index < -0.39 is 24.4 Å². The molecule has 3 N–H and O–H groups in total. The molecule has 0 radical (unpaired) electrons. The van der Waals surface area contributed by atoms with Gasteiger partial charge in [-0.3, -0.25) is 0 Å². The van der Waals surface area contributed by atoms with Gasteiger partial charge in [0.15, 0.2) is 0 Å². The van der Waals surface area contributed by atoms with E-state index in [0.717, 1.165) is 25.7 Å². The smallest absolute Gasteiger partial charge is 0.114 e. The van der Waals surface area contributed by atoms with Gasteiger partial charge in [0.05, 0.1) is 13.2 Å². The highest BCUT2D eigenvalue weighted by Gasteiger charge is 2.38. The Morgan fingerprint density at radius 1 is 1.20 bits per heavy atom. The SMILES string of the molecule is C/C=C/CCCCCCO[C@H]1[C@H](O)[C@@H](CO)OC[C@@H]1O. The van der Waals surface area contributed by atoms with Crippen LogP contribution in [0.4, 0.5) is 0 Å². The van der Waals surface area contributed by atoms with E-state index in [-0.39, 0.29) is 13.2 Å². The van der Waals surface area contributed by atoms with Crippen molar-refractivity contribution in [2.75, 3.05) is 19.8 Å². The van der Waals surface area contributed by atoms with Crippen molar-refractivity contribution in [1.29, 1.82) is 0 Å². The summed E-state index contributed by atoms with van der Waals surface area (Å²) in [5.74, 6) is 0. The number of rotatable bonds is 9. The molecule has 20 heavy (non-hydrogen) atoms. The van der Waals surface area contributed by atoms with Gasteiger partial charge in [-0.2, -0.15) is 0 Å². The summed E-state index contributed by atoms with van der Waals surface area (Å²) < 4.78 is 10.7. The van der Waals surface area contributed by atoms with Gasteiger partial charge >= 0.3 is 0 Å². The van der Waals surface area contributed by atoms with Gasteiger partial charge in [-0.1, -0.05) is 25.0 Å². The maximum absolute atomic E-state index is 9.92. The number of ether oxygens (including phenoxy) is 2. The summed E-state index contributed by atoms with van der Waals surface area (Å²) in [5, 5.41) is 28.7. The van der Waals surface area contributed by atoms with E-state index in [0.29, 0.717) is 6.61 Å². The number of aliphatic hydroxyl groups excluding tert-OH is 3. The fraction of sp³-hybridized carbons (Fsp3) is 0.867. The second kappa shape index (κ2) is 10.3. The topological polar surface area (TPSA) is 79.2 Å². The molecular weight excluding hydrogens is 260 g/mol. The summed E-state index contributed by atoms with van der Waals surface area (Å²) in [7, 11) is 0. The third-order valence-corrected chi connectivity index (χ3v) is 3.57. The molecule has 1 saturated heterocycles. The number of hydrogen-bond donors (Lipinski definition) is 3. The van der Waals surface area contributed by atoms with Gasteiger partial charge in [0.2, 0.25) is 0 Å². The summed E-state index contributed by atoms with van der Waals surface area (Å²) >= 11 is 0. The first-order valence-corrected chi connectivity index (χ1v) is 7.52. The largest absolute Gasteiger partial charge is 0.394 e. The predicted molar refractivity (Wildman–Crippen MR) is 76.5 cm³/mol. The Balaban J connectivity index is 2.13. The van der Waals surface area contributed by atoms with E-state index in [1.165, 1.54) is 6.42 Å². The Hall–Kier alpha value is -0.460. The standard InChI is InChI=1S/C15H28O5/c1-2-3-4-5-6-7-8-9-19-15-12(17)11-20-13(10-16)14(15)18/h2-3,12-18H,4-11H2,1H3/b3-2+/t12-,13+,14+,15+/m0/s1. The minimum atomic E-state index is -0.974. The van der Waals surface area contributed by atoms with Crippen molar-refractivity contribution in [3.05, 3.63) is 12.2 Å². The van der Waals surface area contributed by atoms with E-state index in [9.17, 15) is 10.2 Å². The van der Waals surface area contributed by atoms with E-state index in [2.05, 4.69) is 12.2 Å². The van der Waals surface area contributed by atoms with Crippen molar-refractivity contribution in [2.24, 2.45) is 0 Å². The molecule has 0 bridgehead atoms. The predicted octanol–water partition coefficient (Wildman–Crippen LogP) is 1.01. The van der Waals surface area contributed by atoms with Gasteiger partial charge in [0.1, 0.15) is 24.4 Å². The average Bonchev–Trinajstić information content (AvgIpc) is 2.45. The molecule has 0 aromatic carbocycles. The number of allylic oxidation sites excluding steroid dienone is 2. The normalized spacial score (nSPS) is 31.0. The monoisotopic (exact) mass is 288 g/mol. The fourth-order valence-electron chi connectivity index (χ4n) is 2.33. The van der Waals surface area contributed by atoms with Crippen LogP contribution >= 0.6 is 0 Å². The van der Waals surface area contributed by atoms with Crippen LogP contribution in [0.1, 0.15) is 39.0 Å². The molecule has 1 rings (SSSR count). The summed E-state index contributed by atoms with van der Waals surface area (Å²) in [6, 6.07) is 0. The molecule has 4 atom stereocenters.